The molecule has 7 heteroatoms. The fourth-order valence-corrected chi connectivity index (χ4v) is 2.60. The van der Waals surface area contributed by atoms with Crippen LogP contribution in [0.3, 0.4) is 0 Å². The monoisotopic (exact) mass is 326 g/mol. The molecule has 2 aromatic heterocycles. The number of hydrogen-bond acceptors (Lipinski definition) is 6. The quantitative estimate of drug-likeness (QED) is 0.716. The molecule has 0 saturated carbocycles. The van der Waals surface area contributed by atoms with E-state index in [0.717, 1.165) is 22.4 Å². The lowest BCUT2D eigenvalue weighted by Crippen LogP contribution is -2.02. The molecule has 0 radical (unpaired) electrons. The van der Waals surface area contributed by atoms with Crippen molar-refractivity contribution in [2.24, 2.45) is 0 Å². The van der Waals surface area contributed by atoms with Crippen LogP contribution in [0, 0.1) is 13.8 Å². The zero-order valence-electron chi connectivity index (χ0n) is 13.7. The first kappa shape index (κ1) is 15.9. The van der Waals surface area contributed by atoms with Crippen molar-refractivity contribution in [3.8, 4) is 0 Å². The van der Waals surface area contributed by atoms with Gasteiger partial charge in [0.05, 0.1) is 19.3 Å². The largest absolute Gasteiger partial charge is 0.465 e. The second-order valence-corrected chi connectivity index (χ2v) is 5.49. The number of esters is 1. The van der Waals surface area contributed by atoms with Crippen LogP contribution in [0.1, 0.15) is 27.0 Å². The van der Waals surface area contributed by atoms with E-state index in [1.54, 1.807) is 10.7 Å². The average Bonchev–Trinajstić information content (AvgIpc) is 2.94. The van der Waals surface area contributed by atoms with Gasteiger partial charge >= 0.3 is 5.97 Å². The number of aliphatic hydroxyl groups excluding tert-OH is 1. The molecule has 0 unspecified atom stereocenters. The zero-order chi connectivity index (χ0) is 17.3. The Hall–Kier alpha value is -2.93. The van der Waals surface area contributed by atoms with Crippen LogP contribution in [0.2, 0.25) is 0 Å². The maximum absolute atomic E-state index is 11.9. The number of aromatic nitrogens is 3. The molecule has 1 aromatic carbocycles. The molecular formula is C17H18N4O3. The van der Waals surface area contributed by atoms with Gasteiger partial charge in [-0.1, -0.05) is 12.1 Å². The van der Waals surface area contributed by atoms with Gasteiger partial charge in [0.1, 0.15) is 11.8 Å². The van der Waals surface area contributed by atoms with Gasteiger partial charge < -0.3 is 15.2 Å². The van der Waals surface area contributed by atoms with E-state index in [9.17, 15) is 9.90 Å². The Morgan fingerprint density at radius 2 is 2.17 bits per heavy atom. The number of ether oxygens (including phenoxy) is 1. The van der Waals surface area contributed by atoms with Crippen molar-refractivity contribution in [3.05, 3.63) is 53.0 Å². The van der Waals surface area contributed by atoms with Gasteiger partial charge in [-0.05, 0) is 36.6 Å². The maximum atomic E-state index is 11.9. The van der Waals surface area contributed by atoms with Gasteiger partial charge in [-0.3, -0.25) is 0 Å². The summed E-state index contributed by atoms with van der Waals surface area (Å²) in [6, 6.07) is 5.67. The number of benzene rings is 1. The van der Waals surface area contributed by atoms with Crippen LogP contribution in [0.25, 0.3) is 5.52 Å². The second kappa shape index (κ2) is 6.29. The van der Waals surface area contributed by atoms with Gasteiger partial charge in [0, 0.05) is 11.9 Å². The van der Waals surface area contributed by atoms with Crippen LogP contribution in [0.5, 0.6) is 0 Å². The molecule has 3 aromatic rings. The highest BCUT2D eigenvalue weighted by Crippen LogP contribution is 2.27. The predicted molar refractivity (Wildman–Crippen MR) is 89.4 cm³/mol. The number of nitrogens with one attached hydrogen (secondary N) is 1. The molecule has 7 nitrogen and oxygen atoms in total. The highest BCUT2D eigenvalue weighted by molar-refractivity contribution is 5.95. The van der Waals surface area contributed by atoms with Crippen molar-refractivity contribution in [3.63, 3.8) is 0 Å². The van der Waals surface area contributed by atoms with Gasteiger partial charge in [0.15, 0.2) is 5.82 Å². The van der Waals surface area contributed by atoms with E-state index in [0.29, 0.717) is 16.9 Å². The summed E-state index contributed by atoms with van der Waals surface area (Å²) < 4.78 is 6.40. The number of nitrogens with zero attached hydrogens (tertiary/aromatic N) is 3. The topological polar surface area (TPSA) is 88.8 Å². The first-order valence-corrected chi connectivity index (χ1v) is 7.43. The fraction of sp³-hybridized carbons (Fsp3) is 0.235. The van der Waals surface area contributed by atoms with E-state index >= 15 is 0 Å². The summed E-state index contributed by atoms with van der Waals surface area (Å²) in [5.41, 5.74) is 4.54. The summed E-state index contributed by atoms with van der Waals surface area (Å²) in [6.45, 7) is 3.75. The molecule has 3 rings (SSSR count). The number of aliphatic hydroxyl groups is 1. The van der Waals surface area contributed by atoms with Gasteiger partial charge in [-0.25, -0.2) is 14.3 Å². The van der Waals surface area contributed by atoms with E-state index in [4.69, 9.17) is 4.74 Å². The van der Waals surface area contributed by atoms with Crippen molar-refractivity contribution >= 4 is 23.0 Å². The Morgan fingerprint density at radius 1 is 1.38 bits per heavy atom. The van der Waals surface area contributed by atoms with E-state index in [1.165, 1.54) is 13.4 Å². The third kappa shape index (κ3) is 2.69. The first-order valence-electron chi connectivity index (χ1n) is 7.43. The van der Waals surface area contributed by atoms with Gasteiger partial charge in [0.2, 0.25) is 0 Å². The third-order valence-corrected chi connectivity index (χ3v) is 3.97. The summed E-state index contributed by atoms with van der Waals surface area (Å²) in [4.78, 5) is 16.2. The van der Waals surface area contributed by atoms with Crippen LogP contribution in [0.15, 0.2) is 30.7 Å². The summed E-state index contributed by atoms with van der Waals surface area (Å²) in [5.74, 6) is 0.165. The lowest BCUT2D eigenvalue weighted by molar-refractivity contribution is 0.0600. The predicted octanol–water partition coefficient (Wildman–Crippen LogP) is 2.37. The number of fused-ring (bicyclic) bond motifs is 1. The number of aryl methyl sites for hydroxylation is 2. The Bertz CT molecular complexity index is 918. The van der Waals surface area contributed by atoms with Gasteiger partial charge in [-0.15, -0.1) is 0 Å². The molecule has 0 saturated heterocycles. The number of carbonyl (C=O) groups excluding carboxylic acids is 1. The SMILES string of the molecule is COC(=O)c1cn2ncnc(Nc3cc(CO)ccc3C)c2c1C. The Labute approximate surface area is 138 Å². The molecule has 0 spiro atoms. The number of carbonyl (C=O) groups is 1. The molecule has 2 heterocycles. The van der Waals surface area contributed by atoms with Crippen LogP contribution in [-0.2, 0) is 11.3 Å². The molecule has 0 bridgehead atoms. The normalized spacial score (nSPS) is 10.8. The first-order chi connectivity index (χ1) is 11.5. The molecule has 124 valence electrons. The van der Waals surface area contributed by atoms with E-state index in [-0.39, 0.29) is 6.61 Å². The minimum absolute atomic E-state index is 0.0369. The molecule has 0 aliphatic carbocycles. The van der Waals surface area contributed by atoms with Crippen LogP contribution < -0.4 is 5.32 Å². The molecule has 2 N–H and O–H groups in total. The van der Waals surface area contributed by atoms with Crippen molar-refractivity contribution in [1.29, 1.82) is 0 Å². The summed E-state index contributed by atoms with van der Waals surface area (Å²) in [6.07, 6.45) is 3.04. The fourth-order valence-electron chi connectivity index (χ4n) is 2.60. The van der Waals surface area contributed by atoms with Crippen LogP contribution >= 0.6 is 0 Å². The van der Waals surface area contributed by atoms with Gasteiger partial charge in [-0.2, -0.15) is 5.10 Å². The van der Waals surface area contributed by atoms with Crippen molar-refractivity contribution < 1.29 is 14.6 Å². The number of rotatable bonds is 4. The zero-order valence-corrected chi connectivity index (χ0v) is 13.7. The average molecular weight is 326 g/mol. The smallest absolute Gasteiger partial charge is 0.339 e. The van der Waals surface area contributed by atoms with E-state index in [1.807, 2.05) is 32.0 Å². The Morgan fingerprint density at radius 3 is 2.88 bits per heavy atom. The van der Waals surface area contributed by atoms with E-state index in [2.05, 4.69) is 15.4 Å². The van der Waals surface area contributed by atoms with E-state index < -0.39 is 5.97 Å². The number of methoxy groups -OCH3 is 1. The molecular weight excluding hydrogens is 308 g/mol. The lowest BCUT2D eigenvalue weighted by Gasteiger charge is -2.11. The molecule has 24 heavy (non-hydrogen) atoms. The standard InChI is InChI=1S/C17H18N4O3/c1-10-4-5-12(8-22)6-14(10)20-16-15-11(2)13(17(23)24-3)7-21(15)19-9-18-16/h4-7,9,22H,8H2,1-3H3,(H,18,19,20). The van der Waals surface area contributed by atoms with Crippen molar-refractivity contribution in [2.75, 3.05) is 12.4 Å². The second-order valence-electron chi connectivity index (χ2n) is 5.49. The van der Waals surface area contributed by atoms with Gasteiger partial charge in [0.25, 0.3) is 0 Å². The van der Waals surface area contributed by atoms with Crippen LogP contribution in [-0.4, -0.2) is 32.8 Å². The molecule has 0 fully saturated rings. The molecule has 0 atom stereocenters. The summed E-state index contributed by atoms with van der Waals surface area (Å²) in [7, 11) is 1.35. The Balaban J connectivity index is 2.10. The van der Waals surface area contributed by atoms with Crippen molar-refractivity contribution in [2.45, 2.75) is 20.5 Å². The Kier molecular flexibility index (Phi) is 4.18. The van der Waals surface area contributed by atoms with Crippen LogP contribution in [0.4, 0.5) is 11.5 Å². The number of hydrogen-bond donors (Lipinski definition) is 2. The highest BCUT2D eigenvalue weighted by atomic mass is 16.5. The lowest BCUT2D eigenvalue weighted by atomic mass is 10.1. The maximum Gasteiger partial charge on any atom is 0.339 e. The third-order valence-electron chi connectivity index (χ3n) is 3.97. The summed E-state index contributed by atoms with van der Waals surface area (Å²) in [5, 5.41) is 16.7. The molecule has 0 aliphatic heterocycles. The summed E-state index contributed by atoms with van der Waals surface area (Å²) >= 11 is 0. The minimum Gasteiger partial charge on any atom is -0.465 e. The highest BCUT2D eigenvalue weighted by Gasteiger charge is 2.18. The van der Waals surface area contributed by atoms with Crippen molar-refractivity contribution in [1.82, 2.24) is 14.6 Å². The minimum atomic E-state index is -0.414. The number of anilines is 2. The molecule has 0 amide bonds. The molecule has 0 aliphatic rings.